The van der Waals surface area contributed by atoms with Gasteiger partial charge in [0.25, 0.3) is 5.56 Å². The highest BCUT2D eigenvalue weighted by molar-refractivity contribution is 5.60. The van der Waals surface area contributed by atoms with Gasteiger partial charge in [-0.3, -0.25) is 14.3 Å². The van der Waals surface area contributed by atoms with Crippen molar-refractivity contribution < 1.29 is 9.47 Å². The summed E-state index contributed by atoms with van der Waals surface area (Å²) < 4.78 is 11.2. The van der Waals surface area contributed by atoms with Gasteiger partial charge in [0.2, 0.25) is 0 Å². The van der Waals surface area contributed by atoms with Crippen LogP contribution < -0.4 is 22.3 Å². The number of rotatable bonds is 6. The molecule has 0 aliphatic rings. The van der Waals surface area contributed by atoms with Gasteiger partial charge in [0.1, 0.15) is 11.5 Å². The highest BCUT2D eigenvalue weighted by Gasteiger charge is 2.12. The molecule has 1 unspecified atom stereocenters. The zero-order valence-electron chi connectivity index (χ0n) is 10.6. The third-order valence-electron chi connectivity index (χ3n) is 2.56. The van der Waals surface area contributed by atoms with Gasteiger partial charge in [-0.25, -0.2) is 4.79 Å². The van der Waals surface area contributed by atoms with E-state index in [1.807, 2.05) is 0 Å². The summed E-state index contributed by atoms with van der Waals surface area (Å²) in [5.41, 5.74) is 4.74. The molecule has 4 N–H and O–H groups in total. The molecule has 102 valence electrons. The number of hydrogen-bond donors (Lipinski definition) is 3. The SMILES string of the molecule is COCC(CNc1c(N)n(C)c(=O)[nH]c1=O)OC. The average molecular weight is 258 g/mol. The van der Waals surface area contributed by atoms with Crippen LogP contribution >= 0.6 is 0 Å². The number of nitrogen functional groups attached to an aromatic ring is 1. The molecule has 0 saturated carbocycles. The first kappa shape index (κ1) is 14.3. The molecule has 0 saturated heterocycles. The summed E-state index contributed by atoms with van der Waals surface area (Å²) >= 11 is 0. The molecule has 1 heterocycles. The molecule has 1 rings (SSSR count). The minimum absolute atomic E-state index is 0.0796. The Morgan fingerprint density at radius 1 is 1.44 bits per heavy atom. The van der Waals surface area contributed by atoms with E-state index in [1.165, 1.54) is 7.05 Å². The lowest BCUT2D eigenvalue weighted by Crippen LogP contribution is -2.35. The summed E-state index contributed by atoms with van der Waals surface area (Å²) in [5, 5.41) is 2.85. The highest BCUT2D eigenvalue weighted by atomic mass is 16.5. The Hall–Kier alpha value is -1.80. The number of nitrogens with zero attached hydrogens (tertiary/aromatic N) is 1. The van der Waals surface area contributed by atoms with E-state index in [-0.39, 0.29) is 17.6 Å². The van der Waals surface area contributed by atoms with Crippen LogP contribution in [0, 0.1) is 0 Å². The van der Waals surface area contributed by atoms with Crippen molar-refractivity contribution in [2.75, 3.05) is 38.4 Å². The summed E-state index contributed by atoms with van der Waals surface area (Å²) in [5.74, 6) is 0.0796. The number of methoxy groups -OCH3 is 2. The molecule has 1 aromatic heterocycles. The Balaban J connectivity index is 2.89. The lowest BCUT2D eigenvalue weighted by molar-refractivity contribution is 0.0365. The highest BCUT2D eigenvalue weighted by Crippen LogP contribution is 2.08. The molecule has 0 aliphatic heterocycles. The van der Waals surface area contributed by atoms with Crippen LogP contribution in [0.5, 0.6) is 0 Å². The second-order valence-electron chi connectivity index (χ2n) is 3.77. The van der Waals surface area contributed by atoms with Crippen LogP contribution in [0.4, 0.5) is 11.5 Å². The monoisotopic (exact) mass is 258 g/mol. The molecule has 0 fully saturated rings. The predicted octanol–water partition coefficient (Wildman–Crippen LogP) is -1.27. The summed E-state index contributed by atoms with van der Waals surface area (Å²) in [6, 6.07) is 0. The smallest absolute Gasteiger partial charge is 0.329 e. The molecule has 0 bridgehead atoms. The predicted molar refractivity (Wildman–Crippen MR) is 67.9 cm³/mol. The van der Waals surface area contributed by atoms with Crippen LogP contribution in [0.1, 0.15) is 0 Å². The third kappa shape index (κ3) is 3.11. The van der Waals surface area contributed by atoms with Gasteiger partial charge in [0.15, 0.2) is 0 Å². The first-order valence-electron chi connectivity index (χ1n) is 5.35. The molecule has 0 aromatic carbocycles. The normalized spacial score (nSPS) is 12.4. The van der Waals surface area contributed by atoms with Crippen LogP contribution in [0.25, 0.3) is 0 Å². The van der Waals surface area contributed by atoms with Crippen molar-refractivity contribution >= 4 is 11.5 Å². The maximum Gasteiger partial charge on any atom is 0.329 e. The Labute approximate surface area is 104 Å². The van der Waals surface area contributed by atoms with Crippen LogP contribution in [-0.2, 0) is 16.5 Å². The number of hydrogen-bond acceptors (Lipinski definition) is 6. The van der Waals surface area contributed by atoms with E-state index in [4.69, 9.17) is 15.2 Å². The van der Waals surface area contributed by atoms with Crippen molar-refractivity contribution in [3.05, 3.63) is 20.8 Å². The number of ether oxygens (including phenoxy) is 2. The van der Waals surface area contributed by atoms with Crippen molar-refractivity contribution in [1.82, 2.24) is 9.55 Å². The number of H-pyrrole nitrogens is 1. The van der Waals surface area contributed by atoms with Crippen molar-refractivity contribution in [2.24, 2.45) is 7.05 Å². The molecule has 0 amide bonds. The van der Waals surface area contributed by atoms with Crippen molar-refractivity contribution in [1.29, 1.82) is 0 Å². The Kier molecular flexibility index (Phi) is 4.93. The van der Waals surface area contributed by atoms with Crippen LogP contribution in [-0.4, -0.2) is 43.0 Å². The fourth-order valence-corrected chi connectivity index (χ4v) is 1.42. The standard InChI is InChI=1S/C10H18N4O4/c1-14-8(11)7(9(15)13-10(14)16)12-4-6(18-3)5-17-2/h6,12H,4-5,11H2,1-3H3,(H,13,15,16). The van der Waals surface area contributed by atoms with E-state index in [0.717, 1.165) is 4.57 Å². The van der Waals surface area contributed by atoms with Crippen LogP contribution in [0.15, 0.2) is 9.59 Å². The van der Waals surface area contributed by atoms with Gasteiger partial charge in [-0.2, -0.15) is 0 Å². The molecule has 18 heavy (non-hydrogen) atoms. The van der Waals surface area contributed by atoms with Gasteiger partial charge >= 0.3 is 5.69 Å². The van der Waals surface area contributed by atoms with Crippen LogP contribution in [0.3, 0.4) is 0 Å². The quantitative estimate of drug-likeness (QED) is 0.586. The molecule has 0 radical (unpaired) electrons. The topological polar surface area (TPSA) is 111 Å². The van der Waals surface area contributed by atoms with Gasteiger partial charge in [-0.15, -0.1) is 0 Å². The van der Waals surface area contributed by atoms with Crippen molar-refractivity contribution in [3.63, 3.8) is 0 Å². The van der Waals surface area contributed by atoms with E-state index in [1.54, 1.807) is 14.2 Å². The third-order valence-corrected chi connectivity index (χ3v) is 2.56. The van der Waals surface area contributed by atoms with Crippen LogP contribution in [0.2, 0.25) is 0 Å². The first-order valence-corrected chi connectivity index (χ1v) is 5.35. The van der Waals surface area contributed by atoms with Crippen molar-refractivity contribution in [3.8, 4) is 0 Å². The zero-order chi connectivity index (χ0) is 13.7. The van der Waals surface area contributed by atoms with Gasteiger partial charge < -0.3 is 20.5 Å². The second-order valence-corrected chi connectivity index (χ2v) is 3.77. The van der Waals surface area contributed by atoms with Gasteiger partial charge in [-0.05, 0) is 0 Å². The molecule has 8 nitrogen and oxygen atoms in total. The van der Waals surface area contributed by atoms with E-state index in [9.17, 15) is 9.59 Å². The van der Waals surface area contributed by atoms with Gasteiger partial charge in [-0.1, -0.05) is 0 Å². The minimum atomic E-state index is -0.553. The number of aromatic nitrogens is 2. The van der Waals surface area contributed by atoms with E-state index in [0.29, 0.717) is 13.2 Å². The van der Waals surface area contributed by atoms with E-state index >= 15 is 0 Å². The number of nitrogens with one attached hydrogen (secondary N) is 2. The lowest BCUT2D eigenvalue weighted by atomic mass is 10.3. The summed E-state index contributed by atoms with van der Waals surface area (Å²) in [7, 11) is 4.57. The van der Waals surface area contributed by atoms with Gasteiger partial charge in [0.05, 0.1) is 12.7 Å². The number of aromatic amines is 1. The lowest BCUT2D eigenvalue weighted by Gasteiger charge is -2.16. The molecule has 1 aromatic rings. The average Bonchev–Trinajstić information content (AvgIpc) is 2.34. The maximum absolute atomic E-state index is 11.6. The molecule has 8 heteroatoms. The fraction of sp³-hybridized carbons (Fsp3) is 0.600. The van der Waals surface area contributed by atoms with E-state index in [2.05, 4.69) is 10.3 Å². The minimum Gasteiger partial charge on any atom is -0.383 e. The fourth-order valence-electron chi connectivity index (χ4n) is 1.42. The first-order chi connectivity index (χ1) is 8.51. The molecule has 1 atom stereocenters. The largest absolute Gasteiger partial charge is 0.383 e. The second kappa shape index (κ2) is 6.22. The maximum atomic E-state index is 11.6. The Morgan fingerprint density at radius 3 is 2.67 bits per heavy atom. The van der Waals surface area contributed by atoms with E-state index < -0.39 is 11.2 Å². The summed E-state index contributed by atoms with van der Waals surface area (Å²) in [6.07, 6.45) is -0.217. The van der Waals surface area contributed by atoms with Gasteiger partial charge in [0, 0.05) is 27.8 Å². The molecular formula is C10H18N4O4. The number of nitrogens with two attached hydrogens (primary N) is 1. The summed E-state index contributed by atoms with van der Waals surface area (Å²) in [4.78, 5) is 25.0. The molecule has 0 aliphatic carbocycles. The van der Waals surface area contributed by atoms with Crippen molar-refractivity contribution in [2.45, 2.75) is 6.10 Å². The Morgan fingerprint density at radius 2 is 2.11 bits per heavy atom. The zero-order valence-corrected chi connectivity index (χ0v) is 10.6. The molecule has 0 spiro atoms. The number of anilines is 2. The molecular weight excluding hydrogens is 240 g/mol. The Bertz CT molecular complexity index is 508. The summed E-state index contributed by atoms with van der Waals surface area (Å²) in [6.45, 7) is 0.725.